The largest absolute Gasteiger partial charge is 0.427 e. The lowest BCUT2D eigenvalue weighted by molar-refractivity contribution is -0.156. The summed E-state index contributed by atoms with van der Waals surface area (Å²) < 4.78 is 5.59. The van der Waals surface area contributed by atoms with Crippen LogP contribution in [0, 0.1) is 5.92 Å². The summed E-state index contributed by atoms with van der Waals surface area (Å²) in [5, 5.41) is 0. The van der Waals surface area contributed by atoms with Crippen molar-refractivity contribution < 1.29 is 19.1 Å². The van der Waals surface area contributed by atoms with E-state index >= 15 is 0 Å². The van der Waals surface area contributed by atoms with Gasteiger partial charge >= 0.3 is 5.97 Å². The van der Waals surface area contributed by atoms with E-state index in [9.17, 15) is 14.4 Å². The summed E-state index contributed by atoms with van der Waals surface area (Å²) in [5.41, 5.74) is -0.240. The van der Waals surface area contributed by atoms with Crippen LogP contribution in [0.3, 0.4) is 0 Å². The highest BCUT2D eigenvalue weighted by Crippen LogP contribution is 2.45. The summed E-state index contributed by atoms with van der Waals surface area (Å²) in [6.45, 7) is 1.54. The minimum absolute atomic E-state index is 0.0767. The Bertz CT molecular complexity index is 923. The molecule has 0 radical (unpaired) electrons. The van der Waals surface area contributed by atoms with Gasteiger partial charge in [0.05, 0.1) is 5.69 Å². The smallest absolute Gasteiger partial charge is 0.354 e. The quantitative estimate of drug-likeness (QED) is 0.631. The third kappa shape index (κ3) is 2.34. The van der Waals surface area contributed by atoms with E-state index < -0.39 is 23.5 Å². The zero-order valence-corrected chi connectivity index (χ0v) is 14.1. The SMILES string of the molecule is CC1=N[C@](c2ccccc2)([C@H]2CC(=O)N(c3ccccc3)C2=O)OC1=O. The van der Waals surface area contributed by atoms with Crippen LogP contribution in [0.1, 0.15) is 18.9 Å². The number of amides is 2. The normalized spacial score (nSPS) is 25.4. The van der Waals surface area contributed by atoms with E-state index in [0.717, 1.165) is 4.90 Å². The molecule has 1 fully saturated rings. The van der Waals surface area contributed by atoms with Gasteiger partial charge in [-0.3, -0.25) is 14.5 Å². The maximum Gasteiger partial charge on any atom is 0.354 e. The van der Waals surface area contributed by atoms with Crippen LogP contribution in [-0.2, 0) is 24.8 Å². The number of benzene rings is 2. The Balaban J connectivity index is 1.80. The number of nitrogens with zero attached hydrogens (tertiary/aromatic N) is 2. The van der Waals surface area contributed by atoms with E-state index in [1.807, 2.05) is 12.1 Å². The Morgan fingerprint density at radius 1 is 1.00 bits per heavy atom. The molecule has 6 nitrogen and oxygen atoms in total. The van der Waals surface area contributed by atoms with Gasteiger partial charge in [-0.15, -0.1) is 0 Å². The van der Waals surface area contributed by atoms with Crippen molar-refractivity contribution in [3.63, 3.8) is 0 Å². The maximum atomic E-state index is 13.1. The average Bonchev–Trinajstić information content (AvgIpc) is 3.13. The van der Waals surface area contributed by atoms with Gasteiger partial charge in [0.2, 0.25) is 17.5 Å². The van der Waals surface area contributed by atoms with Crippen molar-refractivity contribution in [2.75, 3.05) is 4.90 Å². The van der Waals surface area contributed by atoms with Gasteiger partial charge in [-0.1, -0.05) is 48.5 Å². The van der Waals surface area contributed by atoms with Crippen molar-refractivity contribution in [1.29, 1.82) is 0 Å². The van der Waals surface area contributed by atoms with E-state index in [1.165, 1.54) is 0 Å². The molecular weight excluding hydrogens is 332 g/mol. The monoisotopic (exact) mass is 348 g/mol. The molecule has 0 N–H and O–H groups in total. The Morgan fingerprint density at radius 3 is 2.19 bits per heavy atom. The molecular formula is C20H16N2O4. The lowest BCUT2D eigenvalue weighted by Gasteiger charge is -2.30. The molecule has 26 heavy (non-hydrogen) atoms. The molecule has 1 saturated heterocycles. The first-order valence-electron chi connectivity index (χ1n) is 8.30. The van der Waals surface area contributed by atoms with Crippen LogP contribution >= 0.6 is 0 Å². The highest BCUT2D eigenvalue weighted by atomic mass is 16.6. The van der Waals surface area contributed by atoms with Gasteiger partial charge in [0.25, 0.3) is 0 Å². The molecule has 0 unspecified atom stereocenters. The number of carbonyl (C=O) groups excluding carboxylic acids is 3. The third-order valence-electron chi connectivity index (χ3n) is 4.70. The Kier molecular flexibility index (Phi) is 3.68. The molecule has 2 aromatic rings. The molecule has 0 spiro atoms. The Hall–Kier alpha value is -3.28. The van der Waals surface area contributed by atoms with Crippen molar-refractivity contribution in [2.24, 2.45) is 10.9 Å². The molecule has 2 heterocycles. The second kappa shape index (κ2) is 5.91. The number of aliphatic imine (C=N–C) groups is 1. The summed E-state index contributed by atoms with van der Waals surface area (Å²) in [5.74, 6) is -2.24. The van der Waals surface area contributed by atoms with Crippen molar-refractivity contribution in [2.45, 2.75) is 19.1 Å². The van der Waals surface area contributed by atoms with Crippen LogP contribution in [0.5, 0.6) is 0 Å². The number of cyclic esters (lactones) is 1. The van der Waals surface area contributed by atoms with Crippen molar-refractivity contribution in [3.8, 4) is 0 Å². The highest BCUT2D eigenvalue weighted by Gasteiger charge is 2.57. The number of ether oxygens (including phenoxy) is 1. The second-order valence-corrected chi connectivity index (χ2v) is 6.31. The number of para-hydroxylation sites is 1. The fraction of sp³-hybridized carbons (Fsp3) is 0.200. The third-order valence-corrected chi connectivity index (χ3v) is 4.70. The number of hydrogen-bond acceptors (Lipinski definition) is 5. The number of anilines is 1. The zero-order chi connectivity index (χ0) is 18.3. The van der Waals surface area contributed by atoms with Crippen LogP contribution in [0.25, 0.3) is 0 Å². The van der Waals surface area contributed by atoms with Crippen LogP contribution in [0.15, 0.2) is 65.7 Å². The summed E-state index contributed by atoms with van der Waals surface area (Å²) >= 11 is 0. The van der Waals surface area contributed by atoms with E-state index in [1.54, 1.807) is 55.5 Å². The van der Waals surface area contributed by atoms with Crippen LogP contribution in [-0.4, -0.2) is 23.5 Å². The second-order valence-electron chi connectivity index (χ2n) is 6.31. The summed E-state index contributed by atoms with van der Waals surface area (Å²) in [6, 6.07) is 17.6. The van der Waals surface area contributed by atoms with Gasteiger partial charge in [0.1, 0.15) is 11.6 Å². The van der Waals surface area contributed by atoms with Crippen LogP contribution in [0.4, 0.5) is 5.69 Å². The Labute approximate surface area is 150 Å². The first kappa shape index (κ1) is 16.2. The van der Waals surface area contributed by atoms with Gasteiger partial charge in [0, 0.05) is 12.0 Å². The first-order valence-corrected chi connectivity index (χ1v) is 8.30. The molecule has 2 aliphatic heterocycles. The number of imide groups is 1. The lowest BCUT2D eigenvalue weighted by atomic mass is 9.87. The molecule has 2 aliphatic rings. The van der Waals surface area contributed by atoms with E-state index in [0.29, 0.717) is 11.3 Å². The summed E-state index contributed by atoms with van der Waals surface area (Å²) in [7, 11) is 0. The average molecular weight is 348 g/mol. The number of hydrogen-bond donors (Lipinski definition) is 0. The van der Waals surface area contributed by atoms with Crippen molar-refractivity contribution in [3.05, 3.63) is 66.2 Å². The fourth-order valence-electron chi connectivity index (χ4n) is 3.47. The predicted molar refractivity (Wildman–Crippen MR) is 94.4 cm³/mol. The van der Waals surface area contributed by atoms with Gasteiger partial charge in [-0.25, -0.2) is 9.79 Å². The topological polar surface area (TPSA) is 76.0 Å². The van der Waals surface area contributed by atoms with Gasteiger partial charge < -0.3 is 4.74 Å². The van der Waals surface area contributed by atoms with Gasteiger partial charge in [-0.05, 0) is 19.1 Å². The maximum absolute atomic E-state index is 13.1. The Morgan fingerprint density at radius 2 is 1.62 bits per heavy atom. The van der Waals surface area contributed by atoms with Crippen LogP contribution in [0.2, 0.25) is 0 Å². The minimum Gasteiger partial charge on any atom is -0.427 e. The lowest BCUT2D eigenvalue weighted by Crippen LogP contribution is -2.40. The van der Waals surface area contributed by atoms with Crippen LogP contribution < -0.4 is 4.90 Å². The van der Waals surface area contributed by atoms with E-state index in [2.05, 4.69) is 4.99 Å². The molecule has 0 aromatic heterocycles. The molecule has 0 bridgehead atoms. The zero-order valence-electron chi connectivity index (χ0n) is 14.1. The predicted octanol–water partition coefficient (Wildman–Crippen LogP) is 2.44. The fourth-order valence-corrected chi connectivity index (χ4v) is 3.47. The van der Waals surface area contributed by atoms with Crippen molar-refractivity contribution >= 4 is 29.2 Å². The standard InChI is InChI=1S/C20H16N2O4/c1-13-19(25)26-20(21-13,14-8-4-2-5-9-14)16-12-17(23)22(18(16)24)15-10-6-3-7-11-15/h2-11,16H,12H2,1H3/t16-,20-/m0/s1. The van der Waals surface area contributed by atoms with E-state index in [4.69, 9.17) is 4.74 Å². The number of esters is 1. The molecule has 0 aliphatic carbocycles. The van der Waals surface area contributed by atoms with Gasteiger partial charge in [0.15, 0.2) is 0 Å². The first-order chi connectivity index (χ1) is 12.5. The summed E-state index contributed by atoms with van der Waals surface area (Å²) in [6.07, 6.45) is -0.0767. The van der Waals surface area contributed by atoms with E-state index in [-0.39, 0.29) is 18.0 Å². The molecule has 6 heteroatoms. The summed E-state index contributed by atoms with van der Waals surface area (Å²) in [4.78, 5) is 43.4. The minimum atomic E-state index is -1.50. The molecule has 2 amide bonds. The molecule has 130 valence electrons. The van der Waals surface area contributed by atoms with Crippen molar-refractivity contribution in [1.82, 2.24) is 0 Å². The molecule has 2 aromatic carbocycles. The number of carbonyl (C=O) groups is 3. The highest BCUT2D eigenvalue weighted by molar-refractivity contribution is 6.37. The molecule has 4 rings (SSSR count). The number of rotatable bonds is 3. The molecule has 2 atom stereocenters. The molecule has 0 saturated carbocycles. The van der Waals surface area contributed by atoms with Gasteiger partial charge in [-0.2, -0.15) is 0 Å².